The minimum atomic E-state index is -0.0812. The molecular formula is C15H33NO2. The highest BCUT2D eigenvalue weighted by atomic mass is 16.5. The highest BCUT2D eigenvalue weighted by molar-refractivity contribution is 4.68. The normalized spacial score (nSPS) is 14.2. The molecular weight excluding hydrogens is 226 g/mol. The van der Waals surface area contributed by atoms with Crippen LogP contribution in [0.2, 0.25) is 0 Å². The lowest BCUT2D eigenvalue weighted by atomic mass is 10.1. The summed E-state index contributed by atoms with van der Waals surface area (Å²) in [6.45, 7) is 13.7. The number of methoxy groups -OCH3 is 1. The van der Waals surface area contributed by atoms with Crippen LogP contribution in [0.4, 0.5) is 0 Å². The van der Waals surface area contributed by atoms with Gasteiger partial charge in [-0.25, -0.2) is 0 Å². The zero-order chi connectivity index (χ0) is 14.0. The Kier molecular flexibility index (Phi) is 9.70. The van der Waals surface area contributed by atoms with Crippen molar-refractivity contribution in [1.29, 1.82) is 0 Å². The Labute approximate surface area is 114 Å². The third-order valence-corrected chi connectivity index (χ3v) is 3.15. The third-order valence-electron chi connectivity index (χ3n) is 3.15. The van der Waals surface area contributed by atoms with Crippen LogP contribution in [0.15, 0.2) is 0 Å². The van der Waals surface area contributed by atoms with Crippen molar-refractivity contribution in [3.05, 3.63) is 0 Å². The van der Waals surface area contributed by atoms with Gasteiger partial charge in [0.25, 0.3) is 0 Å². The minimum Gasteiger partial charge on any atom is -0.379 e. The maximum Gasteiger partial charge on any atom is 0.0699 e. The summed E-state index contributed by atoms with van der Waals surface area (Å²) >= 11 is 0. The first kappa shape index (κ1) is 17.9. The monoisotopic (exact) mass is 259 g/mol. The summed E-state index contributed by atoms with van der Waals surface area (Å²) in [5.74, 6) is 0.694. The Hall–Kier alpha value is -0.120. The minimum absolute atomic E-state index is 0.0812. The average Bonchev–Trinajstić information content (AvgIpc) is 2.28. The van der Waals surface area contributed by atoms with Crippen LogP contribution < -0.4 is 5.32 Å². The number of ether oxygens (including phenoxy) is 2. The number of rotatable bonds is 11. The first-order chi connectivity index (χ1) is 8.41. The van der Waals surface area contributed by atoms with E-state index in [0.717, 1.165) is 32.5 Å². The van der Waals surface area contributed by atoms with Gasteiger partial charge in [-0.15, -0.1) is 0 Å². The van der Waals surface area contributed by atoms with Crippen LogP contribution in [0.1, 0.15) is 53.9 Å². The molecule has 0 heterocycles. The predicted octanol–water partition coefficient (Wildman–Crippen LogP) is 3.23. The van der Waals surface area contributed by atoms with Crippen LogP contribution >= 0.6 is 0 Å². The van der Waals surface area contributed by atoms with Gasteiger partial charge in [0.05, 0.1) is 11.7 Å². The van der Waals surface area contributed by atoms with E-state index in [1.807, 2.05) is 0 Å². The molecule has 3 heteroatoms. The summed E-state index contributed by atoms with van der Waals surface area (Å²) in [4.78, 5) is 0. The highest BCUT2D eigenvalue weighted by Crippen LogP contribution is 2.13. The molecule has 1 unspecified atom stereocenters. The summed E-state index contributed by atoms with van der Waals surface area (Å²) in [6, 6.07) is 0. The lowest BCUT2D eigenvalue weighted by Crippen LogP contribution is -2.33. The second-order valence-electron chi connectivity index (χ2n) is 6.05. The van der Waals surface area contributed by atoms with Crippen LogP contribution in [0.3, 0.4) is 0 Å². The molecule has 1 atom stereocenters. The fraction of sp³-hybridized carbons (Fsp3) is 1.00. The fourth-order valence-electron chi connectivity index (χ4n) is 1.67. The van der Waals surface area contributed by atoms with Crippen molar-refractivity contribution in [2.45, 2.75) is 65.6 Å². The van der Waals surface area contributed by atoms with E-state index in [0.29, 0.717) is 12.0 Å². The van der Waals surface area contributed by atoms with Gasteiger partial charge in [0.2, 0.25) is 0 Å². The Morgan fingerprint density at radius 2 is 1.83 bits per heavy atom. The molecule has 3 nitrogen and oxygen atoms in total. The van der Waals surface area contributed by atoms with Crippen LogP contribution in [-0.2, 0) is 9.47 Å². The van der Waals surface area contributed by atoms with Gasteiger partial charge in [-0.3, -0.25) is 0 Å². The zero-order valence-electron chi connectivity index (χ0n) is 13.2. The molecule has 110 valence electrons. The molecule has 0 amide bonds. The maximum atomic E-state index is 5.96. The Balaban J connectivity index is 3.82. The van der Waals surface area contributed by atoms with Crippen LogP contribution in [-0.4, -0.2) is 38.5 Å². The molecule has 0 rings (SSSR count). The third kappa shape index (κ3) is 9.86. The van der Waals surface area contributed by atoms with E-state index in [-0.39, 0.29) is 5.60 Å². The molecule has 0 aliphatic carbocycles. The van der Waals surface area contributed by atoms with E-state index < -0.39 is 0 Å². The zero-order valence-corrected chi connectivity index (χ0v) is 13.2. The molecule has 0 aliphatic rings. The van der Waals surface area contributed by atoms with Crippen molar-refractivity contribution in [3.63, 3.8) is 0 Å². The molecule has 0 bridgehead atoms. The van der Waals surface area contributed by atoms with Gasteiger partial charge in [0.15, 0.2) is 0 Å². The van der Waals surface area contributed by atoms with Crippen molar-refractivity contribution in [2.75, 3.05) is 26.8 Å². The van der Waals surface area contributed by atoms with Crippen LogP contribution in [0, 0.1) is 5.92 Å². The molecule has 0 aromatic heterocycles. The molecule has 1 N–H and O–H groups in total. The predicted molar refractivity (Wildman–Crippen MR) is 78.1 cm³/mol. The van der Waals surface area contributed by atoms with Gasteiger partial charge in [0.1, 0.15) is 0 Å². The molecule has 0 radical (unpaired) electrons. The molecule has 0 aromatic carbocycles. The average molecular weight is 259 g/mol. The van der Waals surface area contributed by atoms with E-state index in [4.69, 9.17) is 9.47 Å². The number of nitrogens with one attached hydrogen (secondary N) is 1. The van der Waals surface area contributed by atoms with Crippen molar-refractivity contribution in [3.8, 4) is 0 Å². The highest BCUT2D eigenvalue weighted by Gasteiger charge is 2.17. The number of hydrogen-bond acceptors (Lipinski definition) is 3. The SMILES string of the molecule is CCCC(CNCC(C)C)OCCC(C)(C)OC. The first-order valence-electron chi connectivity index (χ1n) is 7.28. The van der Waals surface area contributed by atoms with Gasteiger partial charge in [-0.1, -0.05) is 27.2 Å². The van der Waals surface area contributed by atoms with Crippen LogP contribution in [0.25, 0.3) is 0 Å². The number of hydrogen-bond donors (Lipinski definition) is 1. The second-order valence-corrected chi connectivity index (χ2v) is 6.05. The quantitative estimate of drug-likeness (QED) is 0.618. The van der Waals surface area contributed by atoms with Crippen molar-refractivity contribution in [1.82, 2.24) is 5.32 Å². The van der Waals surface area contributed by atoms with Crippen molar-refractivity contribution < 1.29 is 9.47 Å². The van der Waals surface area contributed by atoms with E-state index in [1.54, 1.807) is 7.11 Å². The van der Waals surface area contributed by atoms with Gasteiger partial charge < -0.3 is 14.8 Å². The molecule has 0 spiro atoms. The second kappa shape index (κ2) is 9.76. The van der Waals surface area contributed by atoms with Gasteiger partial charge in [-0.2, -0.15) is 0 Å². The Bertz CT molecular complexity index is 193. The summed E-state index contributed by atoms with van der Waals surface area (Å²) in [5.41, 5.74) is -0.0812. The summed E-state index contributed by atoms with van der Waals surface area (Å²) in [5, 5.41) is 3.48. The van der Waals surface area contributed by atoms with E-state index in [2.05, 4.69) is 39.9 Å². The van der Waals surface area contributed by atoms with E-state index >= 15 is 0 Å². The Morgan fingerprint density at radius 3 is 2.33 bits per heavy atom. The van der Waals surface area contributed by atoms with Crippen molar-refractivity contribution >= 4 is 0 Å². The summed E-state index contributed by atoms with van der Waals surface area (Å²) < 4.78 is 11.4. The van der Waals surface area contributed by atoms with Gasteiger partial charge >= 0.3 is 0 Å². The Morgan fingerprint density at radius 1 is 1.17 bits per heavy atom. The smallest absolute Gasteiger partial charge is 0.0699 e. The molecule has 0 aromatic rings. The molecule has 0 fully saturated rings. The molecule has 0 saturated heterocycles. The topological polar surface area (TPSA) is 30.5 Å². The maximum absolute atomic E-state index is 5.96. The van der Waals surface area contributed by atoms with Gasteiger partial charge in [0, 0.05) is 20.3 Å². The summed E-state index contributed by atoms with van der Waals surface area (Å²) in [7, 11) is 1.76. The first-order valence-corrected chi connectivity index (χ1v) is 7.28. The molecule has 0 saturated carbocycles. The lowest BCUT2D eigenvalue weighted by molar-refractivity contribution is -0.0281. The standard InChI is InChI=1S/C15H33NO2/c1-7-8-14(12-16-11-13(2)3)18-10-9-15(4,5)17-6/h13-14,16H,7-12H2,1-6H3. The summed E-state index contributed by atoms with van der Waals surface area (Å²) in [6.07, 6.45) is 3.56. The van der Waals surface area contributed by atoms with Crippen LogP contribution in [0.5, 0.6) is 0 Å². The fourth-order valence-corrected chi connectivity index (χ4v) is 1.67. The molecule has 0 aliphatic heterocycles. The molecule has 18 heavy (non-hydrogen) atoms. The van der Waals surface area contributed by atoms with Gasteiger partial charge in [-0.05, 0) is 39.2 Å². The van der Waals surface area contributed by atoms with E-state index in [1.165, 1.54) is 6.42 Å². The van der Waals surface area contributed by atoms with E-state index in [9.17, 15) is 0 Å². The largest absolute Gasteiger partial charge is 0.379 e. The lowest BCUT2D eigenvalue weighted by Gasteiger charge is -2.25. The van der Waals surface area contributed by atoms with Crippen molar-refractivity contribution in [2.24, 2.45) is 5.92 Å².